The van der Waals surface area contributed by atoms with Gasteiger partial charge in [-0.05, 0) is 30.3 Å². The molecule has 0 bridgehead atoms. The van der Waals surface area contributed by atoms with Gasteiger partial charge in [0.2, 0.25) is 0 Å². The molecule has 1 amide bonds. The van der Waals surface area contributed by atoms with Gasteiger partial charge in [0, 0.05) is 5.56 Å². The van der Waals surface area contributed by atoms with E-state index in [1.54, 1.807) is 25.3 Å². The number of furan rings is 1. The summed E-state index contributed by atoms with van der Waals surface area (Å²) in [4.78, 5) is 12.0. The highest BCUT2D eigenvalue weighted by molar-refractivity contribution is 5.94. The number of aromatic amines is 1. The molecular weight excluding hydrogens is 296 g/mol. The Balaban J connectivity index is 1.72. The summed E-state index contributed by atoms with van der Waals surface area (Å²) in [7, 11) is 1.59. The van der Waals surface area contributed by atoms with Crippen molar-refractivity contribution in [1.82, 2.24) is 15.6 Å². The second kappa shape index (κ2) is 6.61. The summed E-state index contributed by atoms with van der Waals surface area (Å²) >= 11 is 0. The van der Waals surface area contributed by atoms with E-state index in [-0.39, 0.29) is 0 Å². The van der Waals surface area contributed by atoms with Crippen LogP contribution in [0.1, 0.15) is 16.2 Å². The first-order valence-electron chi connectivity index (χ1n) is 6.83. The number of aromatic nitrogens is 2. The largest absolute Gasteiger partial charge is 0.496 e. The van der Waals surface area contributed by atoms with Crippen LogP contribution in [0.15, 0.2) is 58.2 Å². The summed E-state index contributed by atoms with van der Waals surface area (Å²) in [6.45, 7) is 0. The fourth-order valence-corrected chi connectivity index (χ4v) is 2.01. The fourth-order valence-electron chi connectivity index (χ4n) is 2.01. The minimum atomic E-state index is -0.401. The Kier molecular flexibility index (Phi) is 4.19. The van der Waals surface area contributed by atoms with Crippen molar-refractivity contribution in [3.63, 3.8) is 0 Å². The molecule has 0 aliphatic heterocycles. The maximum Gasteiger partial charge on any atom is 0.289 e. The third-order valence-corrected chi connectivity index (χ3v) is 3.11. The van der Waals surface area contributed by atoms with Crippen LogP contribution in [-0.2, 0) is 0 Å². The Morgan fingerprint density at radius 1 is 1.35 bits per heavy atom. The highest BCUT2D eigenvalue weighted by atomic mass is 16.5. The van der Waals surface area contributed by atoms with Gasteiger partial charge in [-0.2, -0.15) is 10.2 Å². The van der Waals surface area contributed by atoms with Crippen molar-refractivity contribution in [2.24, 2.45) is 5.10 Å². The van der Waals surface area contributed by atoms with Gasteiger partial charge in [0.05, 0.1) is 25.3 Å². The van der Waals surface area contributed by atoms with E-state index < -0.39 is 5.91 Å². The number of nitrogens with zero attached hydrogens (tertiary/aromatic N) is 2. The van der Waals surface area contributed by atoms with Crippen molar-refractivity contribution in [2.45, 2.75) is 0 Å². The zero-order chi connectivity index (χ0) is 16.1. The van der Waals surface area contributed by atoms with E-state index >= 15 is 0 Å². The Bertz CT molecular complexity index is 821. The van der Waals surface area contributed by atoms with E-state index in [1.807, 2.05) is 24.3 Å². The summed E-state index contributed by atoms with van der Waals surface area (Å²) in [5, 5.41) is 10.6. The minimum Gasteiger partial charge on any atom is -0.496 e. The number of methoxy groups -OCH3 is 1. The third kappa shape index (κ3) is 3.29. The van der Waals surface area contributed by atoms with Crippen molar-refractivity contribution >= 4 is 12.1 Å². The van der Waals surface area contributed by atoms with Gasteiger partial charge in [0.25, 0.3) is 5.91 Å². The Hall–Kier alpha value is -3.35. The standard InChI is InChI=1S/C16H14N4O3/c1-22-15-7-3-2-6-12(15)13-9-14(19-18-13)16(21)20-17-10-11-5-4-8-23-11/h2-10H,1H3,(H,18,19)(H,20,21). The maximum atomic E-state index is 12.0. The van der Waals surface area contributed by atoms with Crippen molar-refractivity contribution in [2.75, 3.05) is 7.11 Å². The van der Waals surface area contributed by atoms with Crippen LogP contribution >= 0.6 is 0 Å². The number of nitrogens with one attached hydrogen (secondary N) is 2. The molecule has 0 spiro atoms. The zero-order valence-corrected chi connectivity index (χ0v) is 12.3. The summed E-state index contributed by atoms with van der Waals surface area (Å²) < 4.78 is 10.4. The quantitative estimate of drug-likeness (QED) is 0.559. The zero-order valence-electron chi connectivity index (χ0n) is 12.3. The van der Waals surface area contributed by atoms with Crippen molar-refractivity contribution in [3.8, 4) is 17.0 Å². The number of hydrazone groups is 1. The van der Waals surface area contributed by atoms with E-state index in [0.717, 1.165) is 5.56 Å². The smallest absolute Gasteiger partial charge is 0.289 e. The molecule has 2 heterocycles. The van der Waals surface area contributed by atoms with Gasteiger partial charge in [-0.1, -0.05) is 12.1 Å². The van der Waals surface area contributed by atoms with Crippen molar-refractivity contribution in [3.05, 3.63) is 60.2 Å². The lowest BCUT2D eigenvalue weighted by Gasteiger charge is -2.04. The van der Waals surface area contributed by atoms with Crippen LogP contribution in [-0.4, -0.2) is 29.4 Å². The third-order valence-electron chi connectivity index (χ3n) is 3.11. The van der Waals surface area contributed by atoms with E-state index in [0.29, 0.717) is 22.9 Å². The van der Waals surface area contributed by atoms with Gasteiger partial charge in [0.1, 0.15) is 17.2 Å². The first-order chi connectivity index (χ1) is 11.3. The lowest BCUT2D eigenvalue weighted by atomic mass is 10.1. The molecular formula is C16H14N4O3. The predicted molar refractivity (Wildman–Crippen MR) is 84.3 cm³/mol. The lowest BCUT2D eigenvalue weighted by molar-refractivity contribution is 0.0950. The monoisotopic (exact) mass is 310 g/mol. The first-order valence-corrected chi connectivity index (χ1v) is 6.83. The SMILES string of the molecule is COc1ccccc1-c1cc(C(=O)NN=Cc2ccco2)[nH]n1. The van der Waals surface area contributed by atoms with E-state index in [4.69, 9.17) is 9.15 Å². The fraction of sp³-hybridized carbons (Fsp3) is 0.0625. The molecule has 0 aliphatic carbocycles. The number of benzene rings is 1. The van der Waals surface area contributed by atoms with Gasteiger partial charge >= 0.3 is 0 Å². The Morgan fingerprint density at radius 3 is 3.00 bits per heavy atom. The molecule has 0 aliphatic rings. The van der Waals surface area contributed by atoms with Gasteiger partial charge in [-0.3, -0.25) is 9.89 Å². The first kappa shape index (κ1) is 14.6. The number of ether oxygens (including phenoxy) is 1. The predicted octanol–water partition coefficient (Wildman–Crippen LogP) is 2.44. The van der Waals surface area contributed by atoms with Gasteiger partial charge in [0.15, 0.2) is 0 Å². The summed E-state index contributed by atoms with van der Waals surface area (Å²) in [5.74, 6) is 0.827. The number of rotatable bonds is 5. The average Bonchev–Trinajstić information content (AvgIpc) is 3.26. The van der Waals surface area contributed by atoms with Gasteiger partial charge in [-0.25, -0.2) is 5.43 Å². The van der Waals surface area contributed by atoms with Crippen LogP contribution in [0.25, 0.3) is 11.3 Å². The molecule has 7 heteroatoms. The van der Waals surface area contributed by atoms with Gasteiger partial charge < -0.3 is 9.15 Å². The number of H-pyrrole nitrogens is 1. The number of amides is 1. The summed E-state index contributed by atoms with van der Waals surface area (Å²) in [6, 6.07) is 12.5. The Labute approximate surface area is 132 Å². The van der Waals surface area contributed by atoms with Crippen LogP contribution < -0.4 is 10.2 Å². The number of carbonyl (C=O) groups excluding carboxylic acids is 1. The van der Waals surface area contributed by atoms with Crippen LogP contribution in [0.5, 0.6) is 5.75 Å². The van der Waals surface area contributed by atoms with E-state index in [9.17, 15) is 4.79 Å². The normalized spacial score (nSPS) is 10.8. The highest BCUT2D eigenvalue weighted by Gasteiger charge is 2.13. The summed E-state index contributed by atoms with van der Waals surface area (Å²) in [6.07, 6.45) is 2.94. The molecule has 0 unspecified atom stereocenters. The maximum absolute atomic E-state index is 12.0. The number of carbonyl (C=O) groups is 1. The molecule has 116 valence electrons. The molecule has 3 aromatic rings. The summed E-state index contributed by atoms with van der Waals surface area (Å²) in [5.41, 5.74) is 4.10. The molecule has 2 N–H and O–H groups in total. The molecule has 7 nitrogen and oxygen atoms in total. The minimum absolute atomic E-state index is 0.294. The van der Waals surface area contributed by atoms with E-state index in [1.165, 1.54) is 12.5 Å². The van der Waals surface area contributed by atoms with Crippen LogP contribution in [0.2, 0.25) is 0 Å². The molecule has 0 saturated carbocycles. The second-order valence-electron chi connectivity index (χ2n) is 4.58. The van der Waals surface area contributed by atoms with E-state index in [2.05, 4.69) is 20.7 Å². The molecule has 0 atom stereocenters. The second-order valence-corrected chi connectivity index (χ2v) is 4.58. The van der Waals surface area contributed by atoms with Crippen LogP contribution in [0, 0.1) is 0 Å². The Morgan fingerprint density at radius 2 is 2.22 bits per heavy atom. The molecule has 0 fully saturated rings. The molecule has 0 saturated heterocycles. The number of hydrogen-bond donors (Lipinski definition) is 2. The van der Waals surface area contributed by atoms with Gasteiger partial charge in [-0.15, -0.1) is 0 Å². The molecule has 0 radical (unpaired) electrons. The van der Waals surface area contributed by atoms with Crippen molar-refractivity contribution in [1.29, 1.82) is 0 Å². The number of hydrogen-bond acceptors (Lipinski definition) is 5. The number of para-hydroxylation sites is 1. The van der Waals surface area contributed by atoms with Crippen LogP contribution in [0.3, 0.4) is 0 Å². The van der Waals surface area contributed by atoms with Crippen molar-refractivity contribution < 1.29 is 13.9 Å². The topological polar surface area (TPSA) is 92.5 Å². The molecule has 23 heavy (non-hydrogen) atoms. The molecule has 3 rings (SSSR count). The lowest BCUT2D eigenvalue weighted by Crippen LogP contribution is -2.17. The average molecular weight is 310 g/mol. The molecule has 2 aromatic heterocycles. The molecule has 1 aromatic carbocycles. The highest BCUT2D eigenvalue weighted by Crippen LogP contribution is 2.28. The van der Waals surface area contributed by atoms with Crippen LogP contribution in [0.4, 0.5) is 0 Å².